The molecule has 0 spiro atoms. The minimum atomic E-state index is -4.38. The fraction of sp³-hybridized carbons (Fsp3) is 0.143. The molecule has 180 valence electrons. The van der Waals surface area contributed by atoms with Crippen molar-refractivity contribution in [2.24, 2.45) is 0 Å². The number of hydrogen-bond acceptors (Lipinski definition) is 4. The van der Waals surface area contributed by atoms with Gasteiger partial charge in [-0.25, -0.2) is 16.8 Å². The van der Waals surface area contributed by atoms with Gasteiger partial charge in [0.15, 0.2) is 0 Å². The van der Waals surface area contributed by atoms with E-state index in [1.54, 1.807) is 30.3 Å². The zero-order valence-corrected chi connectivity index (χ0v) is 21.5. The van der Waals surface area contributed by atoms with Crippen molar-refractivity contribution < 1.29 is 16.8 Å². The molecule has 0 saturated heterocycles. The molecule has 35 heavy (non-hydrogen) atoms. The molecule has 4 aromatic rings. The first-order chi connectivity index (χ1) is 16.6. The Morgan fingerprint density at radius 3 is 1.54 bits per heavy atom. The van der Waals surface area contributed by atoms with Gasteiger partial charge in [-0.3, -0.25) is 0 Å². The van der Waals surface area contributed by atoms with E-state index in [1.165, 1.54) is 24.3 Å². The molecule has 0 heterocycles. The number of rotatable bonds is 7. The van der Waals surface area contributed by atoms with Gasteiger partial charge in [-0.2, -0.15) is 0 Å². The molecule has 0 aliphatic heterocycles. The van der Waals surface area contributed by atoms with E-state index >= 15 is 0 Å². The Kier molecular flexibility index (Phi) is 6.94. The summed E-state index contributed by atoms with van der Waals surface area (Å²) in [7, 11) is -8.76. The van der Waals surface area contributed by atoms with Gasteiger partial charge in [0.1, 0.15) is 0 Å². The van der Waals surface area contributed by atoms with Crippen LogP contribution in [0.15, 0.2) is 107 Å². The summed E-state index contributed by atoms with van der Waals surface area (Å²) in [5.74, 6) is 0. The maximum absolute atomic E-state index is 13.7. The van der Waals surface area contributed by atoms with Crippen molar-refractivity contribution in [2.45, 2.75) is 37.1 Å². The minimum absolute atomic E-state index is 0.0735. The van der Waals surface area contributed by atoms with Gasteiger partial charge in [0.05, 0.1) is 16.3 Å². The Labute approximate surface area is 207 Å². The lowest BCUT2D eigenvalue weighted by molar-refractivity contribution is 0.494. The zero-order valence-electron chi connectivity index (χ0n) is 19.8. The third-order valence-electron chi connectivity index (χ3n) is 6.00. The fourth-order valence-electron chi connectivity index (χ4n) is 3.88. The third kappa shape index (κ3) is 5.07. The molecular weight excluding hydrogens is 478 g/mol. The summed E-state index contributed by atoms with van der Waals surface area (Å²) in [6.45, 7) is 5.25. The number of sulfonamides is 2. The van der Waals surface area contributed by atoms with Crippen LogP contribution < -0.4 is 0 Å². The van der Waals surface area contributed by atoms with Crippen LogP contribution in [0.3, 0.4) is 0 Å². The van der Waals surface area contributed by atoms with E-state index in [0.29, 0.717) is 9.27 Å². The van der Waals surface area contributed by atoms with E-state index < -0.39 is 20.0 Å². The zero-order chi connectivity index (χ0) is 25.2. The van der Waals surface area contributed by atoms with Crippen LogP contribution in [-0.2, 0) is 26.6 Å². The standard InChI is InChI=1S/C28H27NO4S2/c1-21-12-16-26(17-13-21)34(30,31)29(35(32,33)27-18-14-22(2)15-19-27)20-25-10-7-11-28(23(25)3)24-8-5-4-6-9-24/h4-19H,20H2,1-3H3. The Morgan fingerprint density at radius 2 is 1.06 bits per heavy atom. The molecule has 5 nitrogen and oxygen atoms in total. The summed E-state index contributed by atoms with van der Waals surface area (Å²) in [6, 6.07) is 27.6. The molecular formula is C28H27NO4S2. The summed E-state index contributed by atoms with van der Waals surface area (Å²) < 4.78 is 55.6. The maximum Gasteiger partial charge on any atom is 0.256 e. The Bertz CT molecular complexity index is 1470. The predicted molar refractivity (Wildman–Crippen MR) is 139 cm³/mol. The highest BCUT2D eigenvalue weighted by Gasteiger charge is 2.37. The lowest BCUT2D eigenvalue weighted by Gasteiger charge is -2.24. The number of aryl methyl sites for hydroxylation is 2. The molecule has 0 unspecified atom stereocenters. The largest absolute Gasteiger partial charge is 0.256 e. The van der Waals surface area contributed by atoms with E-state index in [-0.39, 0.29) is 16.3 Å². The van der Waals surface area contributed by atoms with Crippen LogP contribution in [0.5, 0.6) is 0 Å². The molecule has 0 aliphatic carbocycles. The molecule has 4 rings (SSSR count). The van der Waals surface area contributed by atoms with Crippen molar-refractivity contribution in [3.05, 3.63) is 119 Å². The predicted octanol–water partition coefficient (Wildman–Crippen LogP) is 5.86. The molecule has 0 aromatic heterocycles. The first kappa shape index (κ1) is 24.9. The van der Waals surface area contributed by atoms with Gasteiger partial charge in [0.25, 0.3) is 20.0 Å². The average Bonchev–Trinajstić information content (AvgIpc) is 2.84. The van der Waals surface area contributed by atoms with E-state index in [4.69, 9.17) is 0 Å². The second-order valence-electron chi connectivity index (χ2n) is 8.52. The van der Waals surface area contributed by atoms with Gasteiger partial charge in [-0.1, -0.05) is 87.6 Å². The van der Waals surface area contributed by atoms with E-state index in [2.05, 4.69) is 0 Å². The number of hydrogen-bond donors (Lipinski definition) is 0. The molecule has 0 bridgehead atoms. The molecule has 0 saturated carbocycles. The highest BCUT2D eigenvalue weighted by atomic mass is 32.3. The van der Waals surface area contributed by atoms with Crippen molar-refractivity contribution in [1.29, 1.82) is 0 Å². The summed E-state index contributed by atoms with van der Waals surface area (Å²) >= 11 is 0. The second kappa shape index (κ2) is 9.77. The van der Waals surface area contributed by atoms with Crippen molar-refractivity contribution in [3.63, 3.8) is 0 Å². The van der Waals surface area contributed by atoms with Crippen LogP contribution in [-0.4, -0.2) is 20.5 Å². The molecule has 0 aliphatic rings. The number of benzene rings is 4. The van der Waals surface area contributed by atoms with Crippen LogP contribution in [0, 0.1) is 20.8 Å². The topological polar surface area (TPSA) is 71.5 Å². The molecule has 7 heteroatoms. The monoisotopic (exact) mass is 505 g/mol. The molecule has 0 radical (unpaired) electrons. The minimum Gasteiger partial charge on any atom is -0.206 e. The van der Waals surface area contributed by atoms with Crippen LogP contribution in [0.4, 0.5) is 0 Å². The smallest absolute Gasteiger partial charge is 0.206 e. The van der Waals surface area contributed by atoms with Crippen LogP contribution in [0.25, 0.3) is 11.1 Å². The van der Waals surface area contributed by atoms with Gasteiger partial charge in [0.2, 0.25) is 0 Å². The first-order valence-corrected chi connectivity index (χ1v) is 14.0. The van der Waals surface area contributed by atoms with Gasteiger partial charge in [-0.05, 0) is 67.3 Å². The molecule has 0 atom stereocenters. The lowest BCUT2D eigenvalue weighted by Crippen LogP contribution is -2.36. The first-order valence-electron chi connectivity index (χ1n) is 11.2. The number of nitrogens with zero attached hydrogens (tertiary/aromatic N) is 1. The maximum atomic E-state index is 13.7. The van der Waals surface area contributed by atoms with Gasteiger partial charge < -0.3 is 0 Å². The lowest BCUT2D eigenvalue weighted by atomic mass is 9.96. The van der Waals surface area contributed by atoms with Crippen molar-refractivity contribution in [3.8, 4) is 11.1 Å². The third-order valence-corrected chi connectivity index (χ3v) is 10.2. The van der Waals surface area contributed by atoms with E-state index in [1.807, 2.05) is 63.2 Å². The van der Waals surface area contributed by atoms with Gasteiger partial charge >= 0.3 is 0 Å². The molecule has 0 N–H and O–H groups in total. The van der Waals surface area contributed by atoms with Crippen LogP contribution in [0.1, 0.15) is 22.3 Å². The van der Waals surface area contributed by atoms with Crippen molar-refractivity contribution in [1.82, 2.24) is 3.71 Å². The summed E-state index contributed by atoms with van der Waals surface area (Å²) in [6.07, 6.45) is 0. The average molecular weight is 506 g/mol. The summed E-state index contributed by atoms with van der Waals surface area (Å²) in [5, 5.41) is 0. The second-order valence-corrected chi connectivity index (χ2v) is 12.5. The van der Waals surface area contributed by atoms with Crippen LogP contribution in [0.2, 0.25) is 0 Å². The Balaban J connectivity index is 1.86. The Hall–Kier alpha value is -3.26. The van der Waals surface area contributed by atoms with E-state index in [0.717, 1.165) is 27.8 Å². The molecule has 0 amide bonds. The van der Waals surface area contributed by atoms with Crippen LogP contribution >= 0.6 is 0 Å². The van der Waals surface area contributed by atoms with Crippen molar-refractivity contribution >= 4 is 20.0 Å². The fourth-order valence-corrected chi connectivity index (χ4v) is 7.48. The highest BCUT2D eigenvalue weighted by molar-refractivity contribution is 8.04. The molecule has 4 aromatic carbocycles. The Morgan fingerprint density at radius 1 is 0.571 bits per heavy atom. The summed E-state index contributed by atoms with van der Waals surface area (Å²) in [4.78, 5) is -0.147. The van der Waals surface area contributed by atoms with Gasteiger partial charge in [-0.15, -0.1) is 0 Å². The van der Waals surface area contributed by atoms with Crippen molar-refractivity contribution in [2.75, 3.05) is 0 Å². The summed E-state index contributed by atoms with van der Waals surface area (Å²) in [5.41, 5.74) is 5.08. The highest BCUT2D eigenvalue weighted by Crippen LogP contribution is 2.31. The van der Waals surface area contributed by atoms with Gasteiger partial charge in [0, 0.05) is 0 Å². The SMILES string of the molecule is Cc1ccc(S(=O)(=O)N(Cc2cccc(-c3ccccc3)c2C)S(=O)(=O)c2ccc(C)cc2)cc1. The quantitative estimate of drug-likeness (QED) is 0.315. The van der Waals surface area contributed by atoms with E-state index in [9.17, 15) is 16.8 Å². The normalized spacial score (nSPS) is 12.1. The molecule has 0 fully saturated rings.